The number of rotatable bonds is 11. The second-order valence-electron chi connectivity index (χ2n) is 19.2. The Morgan fingerprint density at radius 3 is 1.92 bits per heavy atom. The van der Waals surface area contributed by atoms with Gasteiger partial charge in [0.05, 0.1) is 41.2 Å². The second kappa shape index (κ2) is 17.7. The zero-order chi connectivity index (χ0) is 47.3. The molecule has 3 aliphatic carbocycles. The van der Waals surface area contributed by atoms with Crippen LogP contribution >= 0.6 is 0 Å². The summed E-state index contributed by atoms with van der Waals surface area (Å²) in [5.41, 5.74) is -6.78. The third-order valence-corrected chi connectivity index (χ3v) is 14.0. The van der Waals surface area contributed by atoms with Crippen LogP contribution in [0.1, 0.15) is 93.6 Å². The Morgan fingerprint density at radius 2 is 1.40 bits per heavy atom. The van der Waals surface area contributed by atoms with Crippen LogP contribution in [0.4, 0.5) is 4.79 Å². The maximum Gasteiger partial charge on any atom is 0.408 e. The van der Waals surface area contributed by atoms with Gasteiger partial charge in [0.15, 0.2) is 17.5 Å². The second-order valence-corrected chi connectivity index (χ2v) is 19.2. The highest BCUT2D eigenvalue weighted by Gasteiger charge is 2.78. The van der Waals surface area contributed by atoms with Gasteiger partial charge in [-0.1, -0.05) is 80.6 Å². The molecule has 0 radical (unpaired) electrons. The minimum absolute atomic E-state index is 0.0883. The number of amides is 1. The molecule has 15 heteroatoms. The Labute approximate surface area is 378 Å². The number of alkyl carbamates (subject to hydrolysis) is 1. The minimum atomic E-state index is -2.26. The van der Waals surface area contributed by atoms with E-state index in [0.717, 1.165) is 0 Å². The highest BCUT2D eigenvalue weighted by Crippen LogP contribution is 2.65. The van der Waals surface area contributed by atoms with Gasteiger partial charge >= 0.3 is 24.0 Å². The number of hydrogen-bond donors (Lipinski definition) is 3. The minimum Gasteiger partial charge on any atom is -0.456 e. The van der Waals surface area contributed by atoms with Gasteiger partial charge in [-0.25, -0.2) is 19.2 Å². The van der Waals surface area contributed by atoms with Crippen molar-refractivity contribution < 1.29 is 67.3 Å². The summed E-state index contributed by atoms with van der Waals surface area (Å²) in [6.07, 6.45) is -9.59. The lowest BCUT2D eigenvalue weighted by atomic mass is 9.44. The Hall–Kier alpha value is -5.45. The summed E-state index contributed by atoms with van der Waals surface area (Å²) in [6.45, 7) is 11.5. The van der Waals surface area contributed by atoms with E-state index in [1.807, 2.05) is 0 Å². The number of fused-ring (bicyclic) bond motifs is 5. The molecule has 348 valence electrons. The fraction of sp³-hybridized carbons (Fsp3) is 0.500. The molecule has 2 saturated carbocycles. The first-order valence-electron chi connectivity index (χ1n) is 21.8. The van der Waals surface area contributed by atoms with E-state index in [2.05, 4.69) is 5.32 Å². The Kier molecular flexibility index (Phi) is 13.0. The van der Waals surface area contributed by atoms with E-state index in [9.17, 15) is 29.4 Å². The van der Waals surface area contributed by atoms with Crippen LogP contribution in [-0.4, -0.2) is 114 Å². The van der Waals surface area contributed by atoms with Crippen LogP contribution < -0.4 is 5.32 Å². The quantitative estimate of drug-likeness (QED) is 0.117. The summed E-state index contributed by atoms with van der Waals surface area (Å²) in [5, 5.41) is 28.3. The van der Waals surface area contributed by atoms with Crippen molar-refractivity contribution in [2.24, 2.45) is 16.7 Å². The monoisotopic (exact) mass is 897 g/mol. The van der Waals surface area contributed by atoms with Gasteiger partial charge in [0.1, 0.15) is 35.6 Å². The van der Waals surface area contributed by atoms with Crippen LogP contribution in [0.5, 0.6) is 0 Å². The van der Waals surface area contributed by atoms with Crippen molar-refractivity contribution in [3.05, 3.63) is 119 Å². The molecule has 1 aliphatic heterocycles. The van der Waals surface area contributed by atoms with Gasteiger partial charge in [0.2, 0.25) is 0 Å². The van der Waals surface area contributed by atoms with Gasteiger partial charge in [-0.05, 0) is 75.6 Å². The third kappa shape index (κ3) is 8.26. The highest BCUT2D eigenvalue weighted by molar-refractivity contribution is 5.95. The smallest absolute Gasteiger partial charge is 0.408 e. The van der Waals surface area contributed by atoms with E-state index in [4.69, 9.17) is 33.2 Å². The SMILES string of the molecule is CO[C@H]1C(=O)[C@]2(C)[C@@H](OC)C[C@H]3OC[C@@]3(OC(=O)c3ccccc3)[C@H]2[C@H](OC(=O)c2ccccc2)[C@]2(O)C[C@H](OC(=O)[C@H](O)[C@@H](NC(=O)OC(C)(C)C)c3ccccc3)C(C)=C1C2(C)C. The molecule has 3 aromatic carbocycles. The standard InChI is InChI=1S/C50H59NO14/c1-28-32(62-44(56)37(52)36(29-19-13-10-14-20-29)51-45(57)65-46(2,3)4)26-50(58)41(63-42(54)30-21-15-11-16-22-30)39-48(7,40(53)38(60-9)35(28)47(50,5)6)33(59-8)25-34-49(39,27-61-34)64-43(55)31-23-17-12-18-24-31/h10-24,32-34,36-39,41,52,58H,25-27H2,1-9H3,(H,51,57)/t32-,33-,34+,36-,37+,38+,39-,41-,48+,49-,50+/m0/s1. The van der Waals surface area contributed by atoms with E-state index < -0.39 is 112 Å². The molecular formula is C50H59NO14. The summed E-state index contributed by atoms with van der Waals surface area (Å²) >= 11 is 0. The molecule has 11 atom stereocenters. The molecule has 7 rings (SSSR count). The third-order valence-electron chi connectivity index (χ3n) is 14.0. The topological polar surface area (TPSA) is 202 Å². The molecule has 0 spiro atoms. The fourth-order valence-corrected chi connectivity index (χ4v) is 10.6. The summed E-state index contributed by atoms with van der Waals surface area (Å²) in [5.74, 6) is -4.67. The average Bonchev–Trinajstić information content (AvgIpc) is 3.27. The lowest BCUT2D eigenvalue weighted by Gasteiger charge is -2.68. The van der Waals surface area contributed by atoms with Crippen molar-refractivity contribution in [3.63, 3.8) is 0 Å². The first kappa shape index (κ1) is 47.5. The maximum atomic E-state index is 15.8. The lowest BCUT2D eigenvalue weighted by Crippen LogP contribution is -2.82. The molecule has 65 heavy (non-hydrogen) atoms. The molecule has 15 nitrogen and oxygen atoms in total. The molecular weight excluding hydrogens is 839 g/mol. The molecule has 2 bridgehead atoms. The number of benzene rings is 3. The molecule has 3 fully saturated rings. The number of nitrogens with one attached hydrogen (secondary N) is 1. The van der Waals surface area contributed by atoms with Gasteiger partial charge < -0.3 is 48.7 Å². The average molecular weight is 898 g/mol. The van der Waals surface area contributed by atoms with Crippen molar-refractivity contribution in [3.8, 4) is 0 Å². The number of ether oxygens (including phenoxy) is 7. The molecule has 1 saturated heterocycles. The van der Waals surface area contributed by atoms with Gasteiger partial charge in [-0.2, -0.15) is 0 Å². The van der Waals surface area contributed by atoms with E-state index >= 15 is 4.79 Å². The summed E-state index contributed by atoms with van der Waals surface area (Å²) in [4.78, 5) is 72.0. The number of aliphatic hydroxyl groups is 2. The zero-order valence-corrected chi connectivity index (χ0v) is 38.2. The Bertz CT molecular complexity index is 2310. The van der Waals surface area contributed by atoms with Crippen LogP contribution in [0.25, 0.3) is 0 Å². The van der Waals surface area contributed by atoms with Crippen LogP contribution in [0, 0.1) is 16.7 Å². The molecule has 4 aliphatic rings. The van der Waals surface area contributed by atoms with Gasteiger partial charge in [0, 0.05) is 32.5 Å². The number of hydrogen-bond acceptors (Lipinski definition) is 14. The number of aliphatic hydroxyl groups excluding tert-OH is 1. The van der Waals surface area contributed by atoms with Crippen LogP contribution in [-0.2, 0) is 42.7 Å². The van der Waals surface area contributed by atoms with E-state index in [-0.39, 0.29) is 29.7 Å². The number of esters is 3. The summed E-state index contributed by atoms with van der Waals surface area (Å²) < 4.78 is 43.2. The summed E-state index contributed by atoms with van der Waals surface area (Å²) in [7, 11) is 2.79. The van der Waals surface area contributed by atoms with Crippen molar-refractivity contribution in [1.82, 2.24) is 5.32 Å². The van der Waals surface area contributed by atoms with Crippen molar-refractivity contribution in [1.29, 1.82) is 0 Å². The number of carbonyl (C=O) groups is 5. The van der Waals surface area contributed by atoms with E-state index in [1.165, 1.54) is 14.2 Å². The highest BCUT2D eigenvalue weighted by atomic mass is 16.6. The Morgan fingerprint density at radius 1 is 0.831 bits per heavy atom. The van der Waals surface area contributed by atoms with E-state index in [0.29, 0.717) is 11.1 Å². The van der Waals surface area contributed by atoms with Crippen molar-refractivity contribution >= 4 is 29.8 Å². The normalized spacial score (nSPS) is 31.3. The lowest BCUT2D eigenvalue weighted by molar-refractivity contribution is -0.343. The zero-order valence-electron chi connectivity index (χ0n) is 38.2. The molecule has 0 aromatic heterocycles. The van der Waals surface area contributed by atoms with Gasteiger partial charge in [0.25, 0.3) is 0 Å². The molecule has 3 N–H and O–H groups in total. The molecule has 1 heterocycles. The first-order chi connectivity index (χ1) is 30.6. The Balaban J connectivity index is 1.39. The number of Topliss-reactive ketones (excluding diaryl/α,β-unsaturated/α-hetero) is 1. The van der Waals surface area contributed by atoms with Crippen LogP contribution in [0.15, 0.2) is 102 Å². The van der Waals surface area contributed by atoms with Crippen LogP contribution in [0.2, 0.25) is 0 Å². The van der Waals surface area contributed by atoms with E-state index in [1.54, 1.807) is 139 Å². The largest absolute Gasteiger partial charge is 0.456 e. The predicted molar refractivity (Wildman–Crippen MR) is 233 cm³/mol. The predicted octanol–water partition coefficient (Wildman–Crippen LogP) is 5.86. The number of methoxy groups -OCH3 is 2. The van der Waals surface area contributed by atoms with Crippen molar-refractivity contribution in [2.45, 2.75) is 121 Å². The number of ketones is 1. The number of carbonyl (C=O) groups excluding carboxylic acids is 5. The first-order valence-corrected chi connectivity index (χ1v) is 21.8. The molecule has 3 aromatic rings. The van der Waals surface area contributed by atoms with Crippen LogP contribution in [0.3, 0.4) is 0 Å². The molecule has 0 unspecified atom stereocenters. The van der Waals surface area contributed by atoms with Crippen molar-refractivity contribution in [2.75, 3.05) is 20.8 Å². The maximum absolute atomic E-state index is 15.8. The summed E-state index contributed by atoms with van der Waals surface area (Å²) in [6, 6.07) is 23.3. The van der Waals surface area contributed by atoms with Gasteiger partial charge in [-0.15, -0.1) is 0 Å². The van der Waals surface area contributed by atoms with Gasteiger partial charge in [-0.3, -0.25) is 4.79 Å². The fourth-order valence-electron chi connectivity index (χ4n) is 10.6. The molecule has 1 amide bonds.